The summed E-state index contributed by atoms with van der Waals surface area (Å²) in [6, 6.07) is 0. The number of aromatic nitrogens is 4. The number of tetrazole rings is 1. The Morgan fingerprint density at radius 1 is 1.56 bits per heavy atom. The van der Waals surface area contributed by atoms with E-state index >= 15 is 0 Å². The lowest BCUT2D eigenvalue weighted by Gasteiger charge is -2.26. The maximum Gasteiger partial charge on any atom is 0.233 e. The molecule has 0 aromatic carbocycles. The van der Waals surface area contributed by atoms with Crippen LogP contribution in [0.15, 0.2) is 5.16 Å². The molecule has 7 nitrogen and oxygen atoms in total. The summed E-state index contributed by atoms with van der Waals surface area (Å²) in [5.74, 6) is 0. The van der Waals surface area contributed by atoms with Crippen LogP contribution in [0.25, 0.3) is 0 Å². The Balaban J connectivity index is 2.46. The van der Waals surface area contributed by atoms with Crippen molar-refractivity contribution in [2.75, 3.05) is 6.54 Å². The predicted octanol–water partition coefficient (Wildman–Crippen LogP) is 0.150. The molecule has 1 rings (SSSR count). The van der Waals surface area contributed by atoms with Crippen LogP contribution >= 0.6 is 12.6 Å². The van der Waals surface area contributed by atoms with Gasteiger partial charge in [0, 0.05) is 0 Å². The zero-order valence-corrected chi connectivity index (χ0v) is 10.4. The summed E-state index contributed by atoms with van der Waals surface area (Å²) in [6.45, 7) is 6.39. The third kappa shape index (κ3) is 4.15. The van der Waals surface area contributed by atoms with Crippen LogP contribution in [-0.2, 0) is 16.2 Å². The van der Waals surface area contributed by atoms with Gasteiger partial charge in [0.05, 0.1) is 18.7 Å². The first-order chi connectivity index (χ1) is 7.42. The molecule has 1 heterocycles. The van der Waals surface area contributed by atoms with Crippen molar-refractivity contribution in [3.63, 3.8) is 0 Å². The molecule has 0 atom stereocenters. The topological polar surface area (TPSA) is 73.1 Å². The molecule has 0 radical (unpaired) electrons. The van der Waals surface area contributed by atoms with E-state index in [-0.39, 0.29) is 0 Å². The highest BCUT2D eigenvalue weighted by atomic mass is 32.1. The summed E-state index contributed by atoms with van der Waals surface area (Å²) >= 11 is 4.05. The second-order valence-electron chi connectivity index (χ2n) is 4.15. The molecule has 0 fully saturated rings. The predicted molar refractivity (Wildman–Crippen MR) is 58.7 cm³/mol. The van der Waals surface area contributed by atoms with Gasteiger partial charge in [-0.05, 0) is 31.2 Å². The second kappa shape index (κ2) is 5.26. The smallest absolute Gasteiger partial charge is 0.233 e. The van der Waals surface area contributed by atoms with Gasteiger partial charge in [0.1, 0.15) is 0 Å². The van der Waals surface area contributed by atoms with Gasteiger partial charge >= 0.3 is 0 Å². The standard InChI is InChI=1S/C8H15N5O2S/c1-8(2,3)15-12(6-14)4-5-13-7(16)9-10-11-13/h6H,4-5H2,1-3H3,(H,9,11,16). The third-order valence-electron chi connectivity index (χ3n) is 1.55. The minimum Gasteiger partial charge on any atom is -0.276 e. The van der Waals surface area contributed by atoms with Crippen LogP contribution in [0.3, 0.4) is 0 Å². The Hall–Kier alpha value is -1.15. The quantitative estimate of drug-likeness (QED) is 0.454. The molecule has 8 heteroatoms. The summed E-state index contributed by atoms with van der Waals surface area (Å²) in [6.07, 6.45) is 0.633. The average Bonchev–Trinajstić information content (AvgIpc) is 2.57. The van der Waals surface area contributed by atoms with Crippen molar-refractivity contribution in [2.24, 2.45) is 0 Å². The first-order valence-electron chi connectivity index (χ1n) is 4.78. The maximum absolute atomic E-state index is 10.7. The van der Waals surface area contributed by atoms with Crippen molar-refractivity contribution < 1.29 is 9.63 Å². The van der Waals surface area contributed by atoms with E-state index < -0.39 is 5.60 Å². The Morgan fingerprint density at radius 3 is 2.69 bits per heavy atom. The molecule has 0 aliphatic heterocycles. The largest absolute Gasteiger partial charge is 0.276 e. The molecule has 0 saturated carbocycles. The number of nitrogens with zero attached hydrogens (tertiary/aromatic N) is 5. The van der Waals surface area contributed by atoms with Gasteiger partial charge in [-0.15, -0.1) is 17.7 Å². The van der Waals surface area contributed by atoms with Crippen molar-refractivity contribution in [1.29, 1.82) is 0 Å². The summed E-state index contributed by atoms with van der Waals surface area (Å²) in [5.41, 5.74) is -0.411. The zero-order chi connectivity index (χ0) is 12.2. The molecule has 0 unspecified atom stereocenters. The van der Waals surface area contributed by atoms with Crippen LogP contribution < -0.4 is 0 Å². The van der Waals surface area contributed by atoms with Crippen LogP contribution in [0, 0.1) is 0 Å². The van der Waals surface area contributed by atoms with E-state index in [4.69, 9.17) is 4.84 Å². The van der Waals surface area contributed by atoms with Gasteiger partial charge in [-0.2, -0.15) is 0 Å². The Labute approximate surface area is 99.1 Å². The highest BCUT2D eigenvalue weighted by molar-refractivity contribution is 7.80. The Kier molecular flexibility index (Phi) is 4.25. The molecule has 0 spiro atoms. The van der Waals surface area contributed by atoms with Gasteiger partial charge in [0.15, 0.2) is 0 Å². The highest BCUT2D eigenvalue weighted by Gasteiger charge is 2.16. The highest BCUT2D eigenvalue weighted by Crippen LogP contribution is 2.09. The third-order valence-corrected chi connectivity index (χ3v) is 1.87. The zero-order valence-electron chi connectivity index (χ0n) is 9.49. The van der Waals surface area contributed by atoms with Crippen molar-refractivity contribution in [1.82, 2.24) is 25.3 Å². The number of hydroxylamine groups is 2. The molecule has 16 heavy (non-hydrogen) atoms. The molecule has 0 bridgehead atoms. The van der Waals surface area contributed by atoms with E-state index in [1.165, 1.54) is 9.75 Å². The number of carbonyl (C=O) groups excluding carboxylic acids is 1. The summed E-state index contributed by atoms with van der Waals surface area (Å²) in [7, 11) is 0. The molecule has 90 valence electrons. The summed E-state index contributed by atoms with van der Waals surface area (Å²) in [4.78, 5) is 16.1. The molecular weight excluding hydrogens is 230 g/mol. The van der Waals surface area contributed by atoms with Crippen LogP contribution in [0.5, 0.6) is 0 Å². The van der Waals surface area contributed by atoms with E-state index in [0.717, 1.165) is 0 Å². The van der Waals surface area contributed by atoms with Crippen LogP contribution in [0.4, 0.5) is 0 Å². The van der Waals surface area contributed by atoms with Gasteiger partial charge in [0.25, 0.3) is 0 Å². The van der Waals surface area contributed by atoms with E-state index in [1.807, 2.05) is 20.8 Å². The Bertz CT molecular complexity index is 348. The minimum absolute atomic E-state index is 0.360. The molecule has 1 amide bonds. The molecule has 0 saturated heterocycles. The molecule has 0 aliphatic rings. The monoisotopic (exact) mass is 245 g/mol. The fraction of sp³-hybridized carbons (Fsp3) is 0.750. The first-order valence-corrected chi connectivity index (χ1v) is 5.23. The molecule has 1 aromatic rings. The molecule has 0 aliphatic carbocycles. The van der Waals surface area contributed by atoms with E-state index in [1.54, 1.807) is 0 Å². The van der Waals surface area contributed by atoms with E-state index in [2.05, 4.69) is 28.2 Å². The van der Waals surface area contributed by atoms with Crippen LogP contribution in [-0.4, -0.2) is 43.8 Å². The lowest BCUT2D eigenvalue weighted by atomic mass is 10.2. The number of thiol groups is 1. The van der Waals surface area contributed by atoms with Gasteiger partial charge in [-0.1, -0.05) is 0 Å². The number of amides is 1. The first kappa shape index (κ1) is 12.9. The van der Waals surface area contributed by atoms with Crippen LogP contribution in [0.1, 0.15) is 20.8 Å². The average molecular weight is 245 g/mol. The maximum atomic E-state index is 10.7. The molecule has 0 N–H and O–H groups in total. The van der Waals surface area contributed by atoms with Gasteiger partial charge in [-0.25, -0.2) is 9.75 Å². The fourth-order valence-electron chi connectivity index (χ4n) is 1.01. The van der Waals surface area contributed by atoms with Gasteiger partial charge < -0.3 is 0 Å². The number of rotatable bonds is 5. The van der Waals surface area contributed by atoms with E-state index in [9.17, 15) is 4.79 Å². The molecular formula is C8H15N5O2S. The van der Waals surface area contributed by atoms with Crippen molar-refractivity contribution in [2.45, 2.75) is 38.1 Å². The van der Waals surface area contributed by atoms with Gasteiger partial charge in [-0.3, -0.25) is 9.63 Å². The normalized spacial score (nSPS) is 11.5. The summed E-state index contributed by atoms with van der Waals surface area (Å²) < 4.78 is 1.48. The number of hydrogen-bond acceptors (Lipinski definition) is 6. The second-order valence-corrected chi connectivity index (χ2v) is 4.55. The minimum atomic E-state index is -0.411. The van der Waals surface area contributed by atoms with Gasteiger partial charge in [0.2, 0.25) is 11.6 Å². The van der Waals surface area contributed by atoms with Crippen LogP contribution in [0.2, 0.25) is 0 Å². The number of hydrogen-bond donors (Lipinski definition) is 1. The molecule has 1 aromatic heterocycles. The van der Waals surface area contributed by atoms with E-state index in [0.29, 0.717) is 24.7 Å². The van der Waals surface area contributed by atoms with Crippen molar-refractivity contribution >= 4 is 19.0 Å². The summed E-state index contributed by atoms with van der Waals surface area (Å²) in [5, 5.41) is 12.4. The SMILES string of the molecule is CC(C)(C)ON(C=O)CCn1nnnc1S. The Morgan fingerprint density at radius 2 is 2.25 bits per heavy atom. The lowest BCUT2D eigenvalue weighted by Crippen LogP contribution is -2.35. The fourth-order valence-corrected chi connectivity index (χ4v) is 1.19. The van der Waals surface area contributed by atoms with Crippen molar-refractivity contribution in [3.05, 3.63) is 0 Å². The van der Waals surface area contributed by atoms with Crippen molar-refractivity contribution in [3.8, 4) is 0 Å². The number of carbonyl (C=O) groups is 1. The lowest BCUT2D eigenvalue weighted by molar-refractivity contribution is -0.217.